The molecule has 1 N–H and O–H groups in total. The number of aryl methyl sites for hydroxylation is 1. The van der Waals surface area contributed by atoms with Crippen LogP contribution < -0.4 is 0 Å². The predicted molar refractivity (Wildman–Crippen MR) is 105 cm³/mol. The van der Waals surface area contributed by atoms with Gasteiger partial charge in [0.2, 0.25) is 0 Å². The lowest BCUT2D eigenvalue weighted by molar-refractivity contribution is 0.269. The summed E-state index contributed by atoms with van der Waals surface area (Å²) >= 11 is 0. The Balaban J connectivity index is 1.51. The number of hydrogen-bond donors (Lipinski definition) is 1. The molecule has 0 aliphatic carbocycles. The van der Waals surface area contributed by atoms with E-state index in [9.17, 15) is 0 Å². The first-order valence-corrected chi connectivity index (χ1v) is 9.08. The topological polar surface area (TPSA) is 86.1 Å². The standard InChI is InChI=1S/C20H19N7O/c1-25-13-22-18-3-2-14(9-19(18)25)8-16-11-21-20-5-4-17(24-27(16)20)15-10-23-26(12-15)6-7-28/h2-5,9-13,28H,6-8H2,1H3. The molecule has 0 bridgehead atoms. The average Bonchev–Trinajstić information content (AvgIpc) is 3.42. The number of aromatic nitrogens is 7. The van der Waals surface area contributed by atoms with Crippen LogP contribution in [0.15, 0.2) is 55.2 Å². The highest BCUT2D eigenvalue weighted by molar-refractivity contribution is 5.76. The zero-order valence-electron chi connectivity index (χ0n) is 15.4. The van der Waals surface area contributed by atoms with Crippen LogP contribution in [-0.4, -0.2) is 45.6 Å². The highest BCUT2D eigenvalue weighted by Gasteiger charge is 2.10. The lowest BCUT2D eigenvalue weighted by Gasteiger charge is -2.04. The Morgan fingerprint density at radius 2 is 2.00 bits per heavy atom. The second-order valence-electron chi connectivity index (χ2n) is 6.81. The van der Waals surface area contributed by atoms with Crippen molar-refractivity contribution in [1.82, 2.24) is 33.9 Å². The van der Waals surface area contributed by atoms with E-state index in [4.69, 9.17) is 10.2 Å². The third kappa shape index (κ3) is 2.84. The number of benzene rings is 1. The van der Waals surface area contributed by atoms with Crippen LogP contribution in [0, 0.1) is 0 Å². The normalized spacial score (nSPS) is 11.6. The van der Waals surface area contributed by atoms with Crippen LogP contribution in [0.1, 0.15) is 11.3 Å². The second kappa shape index (κ2) is 6.58. The molecule has 0 atom stereocenters. The Hall–Kier alpha value is -3.52. The predicted octanol–water partition coefficient (Wildman–Crippen LogP) is 2.06. The average molecular weight is 373 g/mol. The minimum Gasteiger partial charge on any atom is -0.394 e. The molecule has 8 heteroatoms. The Kier molecular flexibility index (Phi) is 3.91. The molecular formula is C20H19N7O. The first kappa shape index (κ1) is 16.6. The number of aliphatic hydroxyl groups excluding tert-OH is 1. The second-order valence-corrected chi connectivity index (χ2v) is 6.81. The van der Waals surface area contributed by atoms with E-state index in [1.165, 1.54) is 5.56 Å². The summed E-state index contributed by atoms with van der Waals surface area (Å²) in [5.41, 5.74) is 6.83. The van der Waals surface area contributed by atoms with E-state index in [-0.39, 0.29) is 6.61 Å². The fraction of sp³-hybridized carbons (Fsp3) is 0.200. The first-order valence-electron chi connectivity index (χ1n) is 9.08. The quantitative estimate of drug-likeness (QED) is 0.510. The summed E-state index contributed by atoms with van der Waals surface area (Å²) in [6.45, 7) is 0.523. The van der Waals surface area contributed by atoms with Crippen molar-refractivity contribution in [3.63, 3.8) is 0 Å². The van der Waals surface area contributed by atoms with Crippen molar-refractivity contribution in [2.45, 2.75) is 13.0 Å². The number of hydrogen-bond acceptors (Lipinski definition) is 5. The van der Waals surface area contributed by atoms with Crippen molar-refractivity contribution in [3.8, 4) is 11.3 Å². The molecule has 0 spiro atoms. The number of rotatable bonds is 5. The smallest absolute Gasteiger partial charge is 0.153 e. The van der Waals surface area contributed by atoms with Gasteiger partial charge in [-0.25, -0.2) is 14.5 Å². The third-order valence-electron chi connectivity index (χ3n) is 4.87. The van der Waals surface area contributed by atoms with Crippen molar-refractivity contribution in [2.24, 2.45) is 7.05 Å². The van der Waals surface area contributed by atoms with Crippen LogP contribution in [0.2, 0.25) is 0 Å². The molecule has 28 heavy (non-hydrogen) atoms. The van der Waals surface area contributed by atoms with Crippen molar-refractivity contribution < 1.29 is 5.11 Å². The van der Waals surface area contributed by atoms with Gasteiger partial charge in [0, 0.05) is 25.2 Å². The maximum atomic E-state index is 9.06. The largest absolute Gasteiger partial charge is 0.394 e. The minimum atomic E-state index is 0.0558. The molecule has 4 heterocycles. The van der Waals surface area contributed by atoms with Crippen LogP contribution in [0.5, 0.6) is 0 Å². The molecular weight excluding hydrogens is 354 g/mol. The fourth-order valence-corrected chi connectivity index (χ4v) is 3.41. The van der Waals surface area contributed by atoms with Gasteiger partial charge in [0.15, 0.2) is 5.65 Å². The van der Waals surface area contributed by atoms with E-state index in [1.807, 2.05) is 53.1 Å². The number of fused-ring (bicyclic) bond motifs is 2. The zero-order chi connectivity index (χ0) is 19.1. The summed E-state index contributed by atoms with van der Waals surface area (Å²) in [6, 6.07) is 10.2. The van der Waals surface area contributed by atoms with Gasteiger partial charge in [-0.15, -0.1) is 0 Å². The highest BCUT2D eigenvalue weighted by atomic mass is 16.3. The molecule has 5 aromatic rings. The molecule has 0 radical (unpaired) electrons. The van der Waals surface area contributed by atoms with Gasteiger partial charge < -0.3 is 9.67 Å². The Bertz CT molecular complexity index is 1280. The van der Waals surface area contributed by atoms with E-state index in [0.29, 0.717) is 6.54 Å². The molecule has 8 nitrogen and oxygen atoms in total. The van der Waals surface area contributed by atoms with Crippen molar-refractivity contribution in [1.29, 1.82) is 0 Å². The van der Waals surface area contributed by atoms with Gasteiger partial charge in [-0.3, -0.25) is 4.68 Å². The molecule has 0 saturated carbocycles. The van der Waals surface area contributed by atoms with E-state index >= 15 is 0 Å². The summed E-state index contributed by atoms with van der Waals surface area (Å²) in [5.74, 6) is 0. The SMILES string of the molecule is Cn1cnc2ccc(Cc3cnc4ccc(-c5cnn(CCO)c5)nn34)cc21. The van der Waals surface area contributed by atoms with Crippen molar-refractivity contribution in [2.75, 3.05) is 6.61 Å². The summed E-state index contributed by atoms with van der Waals surface area (Å²) in [7, 11) is 2.00. The van der Waals surface area contributed by atoms with Gasteiger partial charge >= 0.3 is 0 Å². The van der Waals surface area contributed by atoms with Crippen LogP contribution in [-0.2, 0) is 20.0 Å². The Morgan fingerprint density at radius 3 is 2.89 bits per heavy atom. The lowest BCUT2D eigenvalue weighted by atomic mass is 10.1. The molecule has 5 rings (SSSR count). The zero-order valence-corrected chi connectivity index (χ0v) is 15.4. The Labute approximate surface area is 160 Å². The third-order valence-corrected chi connectivity index (χ3v) is 4.87. The summed E-state index contributed by atoms with van der Waals surface area (Å²) in [4.78, 5) is 8.86. The fourth-order valence-electron chi connectivity index (χ4n) is 3.41. The van der Waals surface area contributed by atoms with Crippen LogP contribution >= 0.6 is 0 Å². The molecule has 0 amide bonds. The number of nitrogens with zero attached hydrogens (tertiary/aromatic N) is 7. The molecule has 0 saturated heterocycles. The number of aliphatic hydroxyl groups is 1. The van der Waals surface area contributed by atoms with Gasteiger partial charge in [-0.1, -0.05) is 6.07 Å². The van der Waals surface area contributed by atoms with E-state index in [1.54, 1.807) is 10.9 Å². The van der Waals surface area contributed by atoms with Crippen LogP contribution in [0.4, 0.5) is 0 Å². The summed E-state index contributed by atoms with van der Waals surface area (Å²) in [6.07, 6.45) is 8.07. The minimum absolute atomic E-state index is 0.0558. The molecule has 0 fully saturated rings. The number of imidazole rings is 2. The van der Waals surface area contributed by atoms with E-state index in [0.717, 1.165) is 40.1 Å². The maximum Gasteiger partial charge on any atom is 0.153 e. The van der Waals surface area contributed by atoms with E-state index < -0.39 is 0 Å². The maximum absolute atomic E-state index is 9.06. The van der Waals surface area contributed by atoms with Gasteiger partial charge in [0.05, 0.1) is 54.3 Å². The molecule has 0 unspecified atom stereocenters. The van der Waals surface area contributed by atoms with Gasteiger partial charge in [0.1, 0.15) is 0 Å². The lowest BCUT2D eigenvalue weighted by Crippen LogP contribution is -2.02. The first-order chi connectivity index (χ1) is 13.7. The van der Waals surface area contributed by atoms with Gasteiger partial charge in [0.25, 0.3) is 0 Å². The summed E-state index contributed by atoms with van der Waals surface area (Å²) < 4.78 is 5.61. The molecule has 0 aliphatic heterocycles. The van der Waals surface area contributed by atoms with Gasteiger partial charge in [-0.05, 0) is 29.8 Å². The summed E-state index contributed by atoms with van der Waals surface area (Å²) in [5, 5.41) is 18.1. The highest BCUT2D eigenvalue weighted by Crippen LogP contribution is 2.20. The molecule has 1 aromatic carbocycles. The van der Waals surface area contributed by atoms with Crippen molar-refractivity contribution in [3.05, 3.63) is 66.5 Å². The Morgan fingerprint density at radius 1 is 1.07 bits per heavy atom. The monoisotopic (exact) mass is 373 g/mol. The van der Waals surface area contributed by atoms with Crippen LogP contribution in [0.3, 0.4) is 0 Å². The molecule has 0 aliphatic rings. The van der Waals surface area contributed by atoms with Crippen LogP contribution in [0.25, 0.3) is 27.9 Å². The van der Waals surface area contributed by atoms with Gasteiger partial charge in [-0.2, -0.15) is 10.2 Å². The molecule has 4 aromatic heterocycles. The van der Waals surface area contributed by atoms with E-state index in [2.05, 4.69) is 27.2 Å². The van der Waals surface area contributed by atoms with Crippen molar-refractivity contribution >= 4 is 16.7 Å². The molecule has 140 valence electrons.